The Balaban J connectivity index is 0.000000364. The predicted octanol–water partition coefficient (Wildman–Crippen LogP) is 1.23. The van der Waals surface area contributed by atoms with Crippen LogP contribution in [-0.2, 0) is 9.90 Å². The Morgan fingerprint density at radius 1 is 1.43 bits per heavy atom. The first kappa shape index (κ1) is 11.9. The Hall–Kier alpha value is -2.11. The number of benzene rings is 1. The molecule has 0 spiro atoms. The van der Waals surface area contributed by atoms with E-state index in [1.807, 2.05) is 0 Å². The van der Waals surface area contributed by atoms with Crippen LogP contribution in [0.5, 0.6) is 5.75 Å². The Morgan fingerprint density at radius 3 is 2.14 bits per heavy atom. The highest BCUT2D eigenvalue weighted by Gasteiger charge is 2.11. The maximum absolute atomic E-state index is 10.6. The number of primary amides is 1. The van der Waals surface area contributed by atoms with E-state index in [0.29, 0.717) is 0 Å². The van der Waals surface area contributed by atoms with Crippen LogP contribution < -0.4 is 5.73 Å². The zero-order valence-electron chi connectivity index (χ0n) is 7.47. The van der Waals surface area contributed by atoms with Gasteiger partial charge in [0.25, 0.3) is 5.75 Å². The number of nitro benzene ring substituents is 1. The molecule has 0 saturated heterocycles. The number of para-hydroxylation sites is 2. The topological polar surface area (TPSA) is 106 Å². The van der Waals surface area contributed by atoms with Gasteiger partial charge < -0.3 is 5.73 Å². The second-order valence-electron chi connectivity index (χ2n) is 2.34. The summed E-state index contributed by atoms with van der Waals surface area (Å²) in [6.07, 6.45) is 0. The molecule has 0 aliphatic heterocycles. The number of amides is 1. The molecule has 0 atom stereocenters. The zero-order valence-corrected chi connectivity index (χ0v) is 7.47. The molecule has 0 saturated carbocycles. The van der Waals surface area contributed by atoms with Crippen molar-refractivity contribution in [3.05, 3.63) is 34.4 Å². The monoisotopic (exact) mass is 197 g/mol. The molecule has 0 aromatic heterocycles. The quantitative estimate of drug-likeness (QED) is 0.540. The number of nitrogens with two attached hydrogens (primary N) is 1. The first-order chi connectivity index (χ1) is 6.45. The smallest absolute Gasteiger partial charge is 0.316 e. The fraction of sp³-hybridized carbons (Fsp3) is 0.125. The first-order valence-electron chi connectivity index (χ1n) is 3.61. The summed E-state index contributed by atoms with van der Waals surface area (Å²) in [6, 6.07) is 5.27. The van der Waals surface area contributed by atoms with E-state index in [1.165, 1.54) is 25.1 Å². The molecule has 0 heterocycles. The van der Waals surface area contributed by atoms with E-state index in [4.69, 9.17) is 0 Å². The van der Waals surface area contributed by atoms with Crippen molar-refractivity contribution in [2.45, 2.75) is 6.92 Å². The molecule has 14 heavy (non-hydrogen) atoms. The molecule has 6 nitrogen and oxygen atoms in total. The Labute approximate surface area is 80.1 Å². The summed E-state index contributed by atoms with van der Waals surface area (Å²) in [6.45, 7) is 1.31. The largest absolute Gasteiger partial charge is 0.370 e. The molecule has 0 fully saturated rings. The van der Waals surface area contributed by atoms with Crippen LogP contribution in [0.25, 0.3) is 0 Å². The molecule has 6 heteroatoms. The summed E-state index contributed by atoms with van der Waals surface area (Å²) < 4.78 is 0. The van der Waals surface area contributed by atoms with Crippen molar-refractivity contribution >= 4 is 11.6 Å². The summed E-state index contributed by atoms with van der Waals surface area (Å²) in [5.41, 5.74) is 4.10. The normalized spacial score (nSPS) is 8.36. The van der Waals surface area contributed by atoms with E-state index in [0.717, 1.165) is 6.07 Å². The average Bonchev–Trinajstić information content (AvgIpc) is 2.03. The highest BCUT2D eigenvalue weighted by atomic mass is 16.6. The second-order valence-corrected chi connectivity index (χ2v) is 2.34. The van der Waals surface area contributed by atoms with E-state index < -0.39 is 10.7 Å². The van der Waals surface area contributed by atoms with Crippen LogP contribution in [0.3, 0.4) is 0 Å². The number of rotatable bonds is 1. The molecule has 1 aromatic carbocycles. The van der Waals surface area contributed by atoms with Crippen LogP contribution in [-0.4, -0.2) is 10.8 Å². The molecule has 1 amide bonds. The molecule has 0 aliphatic rings. The van der Waals surface area contributed by atoms with Gasteiger partial charge >= 0.3 is 5.69 Å². The highest BCUT2D eigenvalue weighted by Crippen LogP contribution is 2.23. The molecule has 2 N–H and O–H groups in total. The van der Waals surface area contributed by atoms with E-state index in [-0.39, 0.29) is 11.6 Å². The van der Waals surface area contributed by atoms with Crippen LogP contribution in [0.4, 0.5) is 5.69 Å². The fourth-order valence-electron chi connectivity index (χ4n) is 0.608. The highest BCUT2D eigenvalue weighted by molar-refractivity contribution is 5.70. The lowest BCUT2D eigenvalue weighted by atomic mass is 10.3. The Morgan fingerprint density at radius 2 is 1.86 bits per heavy atom. The van der Waals surface area contributed by atoms with Gasteiger partial charge in [-0.15, -0.1) is 0 Å². The lowest BCUT2D eigenvalue weighted by Crippen LogP contribution is -2.01. The van der Waals surface area contributed by atoms with Crippen LogP contribution in [0.15, 0.2) is 24.3 Å². The maximum atomic E-state index is 10.6. The number of nitrogens with zero attached hydrogens (tertiary/aromatic N) is 1. The van der Waals surface area contributed by atoms with Gasteiger partial charge in [0.15, 0.2) is 0 Å². The number of carbonyl (C=O) groups excluding carboxylic acids is 1. The SMILES string of the molecule is CC(N)=O.[O]c1ccccc1[N+](=O)[O-]. The minimum absolute atomic E-state index is 0.333. The van der Waals surface area contributed by atoms with Gasteiger partial charge in [0.1, 0.15) is 0 Å². The third-order valence-corrected chi connectivity index (χ3v) is 1.06. The summed E-state index contributed by atoms with van der Waals surface area (Å²) in [4.78, 5) is 18.6. The Kier molecular flexibility index (Phi) is 4.69. The van der Waals surface area contributed by atoms with Crippen molar-refractivity contribution in [3.63, 3.8) is 0 Å². The third-order valence-electron chi connectivity index (χ3n) is 1.06. The van der Waals surface area contributed by atoms with Gasteiger partial charge in [-0.05, 0) is 6.07 Å². The van der Waals surface area contributed by atoms with Gasteiger partial charge in [-0.2, -0.15) is 0 Å². The van der Waals surface area contributed by atoms with Crippen molar-refractivity contribution in [2.24, 2.45) is 5.73 Å². The lowest BCUT2D eigenvalue weighted by molar-refractivity contribution is -0.386. The first-order valence-corrected chi connectivity index (χ1v) is 3.61. The van der Waals surface area contributed by atoms with Gasteiger partial charge in [-0.1, -0.05) is 12.1 Å². The number of hydrogen-bond donors (Lipinski definition) is 1. The summed E-state index contributed by atoms with van der Waals surface area (Å²) in [5.74, 6) is -0.882. The third kappa shape index (κ3) is 4.70. The minimum Gasteiger partial charge on any atom is -0.370 e. The molecule has 0 bridgehead atoms. The molecule has 1 aromatic rings. The molecule has 1 radical (unpaired) electrons. The van der Waals surface area contributed by atoms with Crippen LogP contribution in [0.2, 0.25) is 0 Å². The summed E-state index contributed by atoms with van der Waals surface area (Å²) in [5, 5.41) is 20.6. The zero-order chi connectivity index (χ0) is 11.1. The lowest BCUT2D eigenvalue weighted by Gasteiger charge is -1.88. The standard InChI is InChI=1S/C6H4NO3.C2H5NO/c8-6-4-2-1-3-5(6)7(9)10;1-2(3)4/h1-4H;1H3,(H2,3,4). The van der Waals surface area contributed by atoms with Crippen molar-refractivity contribution < 1.29 is 14.8 Å². The van der Waals surface area contributed by atoms with E-state index in [9.17, 15) is 20.0 Å². The number of hydrogen-bond acceptors (Lipinski definition) is 3. The van der Waals surface area contributed by atoms with Crippen molar-refractivity contribution in [1.29, 1.82) is 0 Å². The number of nitro groups is 1. The van der Waals surface area contributed by atoms with Crippen molar-refractivity contribution in [2.75, 3.05) is 0 Å². The van der Waals surface area contributed by atoms with Gasteiger partial charge in [-0.3, -0.25) is 20.0 Å². The Bertz CT molecular complexity index is 334. The average molecular weight is 197 g/mol. The summed E-state index contributed by atoms with van der Waals surface area (Å²) in [7, 11) is 0. The molecular weight excluding hydrogens is 188 g/mol. The maximum Gasteiger partial charge on any atom is 0.316 e. The fourth-order valence-corrected chi connectivity index (χ4v) is 0.608. The molecule has 0 unspecified atom stereocenters. The van der Waals surface area contributed by atoms with Crippen molar-refractivity contribution in [1.82, 2.24) is 0 Å². The minimum atomic E-state index is -0.692. The second kappa shape index (κ2) is 5.52. The van der Waals surface area contributed by atoms with E-state index in [1.54, 1.807) is 0 Å². The van der Waals surface area contributed by atoms with Gasteiger partial charge in [0.05, 0.1) is 4.92 Å². The van der Waals surface area contributed by atoms with Crippen LogP contribution in [0, 0.1) is 10.1 Å². The van der Waals surface area contributed by atoms with Crippen molar-refractivity contribution in [3.8, 4) is 5.75 Å². The molecule has 1 rings (SSSR count). The van der Waals surface area contributed by atoms with Gasteiger partial charge in [0, 0.05) is 13.0 Å². The van der Waals surface area contributed by atoms with Crippen LogP contribution in [0.1, 0.15) is 6.92 Å². The summed E-state index contributed by atoms with van der Waals surface area (Å²) >= 11 is 0. The molecule has 0 aliphatic carbocycles. The van der Waals surface area contributed by atoms with E-state index >= 15 is 0 Å². The van der Waals surface area contributed by atoms with E-state index in [2.05, 4.69) is 5.73 Å². The van der Waals surface area contributed by atoms with Crippen LogP contribution >= 0.6 is 0 Å². The molecule has 75 valence electrons. The number of carbonyl (C=O) groups is 1. The van der Waals surface area contributed by atoms with Gasteiger partial charge in [-0.25, -0.2) is 0 Å². The predicted molar refractivity (Wildman–Crippen MR) is 48.1 cm³/mol. The van der Waals surface area contributed by atoms with Gasteiger partial charge in [0.2, 0.25) is 5.91 Å². The molecular formula is C8H9N2O4.